The van der Waals surface area contributed by atoms with Crippen LogP contribution in [0.25, 0.3) is 0 Å². The molecule has 1 aliphatic heterocycles. The van der Waals surface area contributed by atoms with Crippen molar-refractivity contribution in [1.29, 1.82) is 5.26 Å². The molecule has 7 heteroatoms. The Hall–Kier alpha value is -2.72. The van der Waals surface area contributed by atoms with Gasteiger partial charge in [-0.1, -0.05) is 18.7 Å². The summed E-state index contributed by atoms with van der Waals surface area (Å²) in [5.74, 6) is -0.104. The second-order valence-electron chi connectivity index (χ2n) is 6.55. The summed E-state index contributed by atoms with van der Waals surface area (Å²) in [6.45, 7) is 4.14. The summed E-state index contributed by atoms with van der Waals surface area (Å²) in [5.41, 5.74) is 7.91. The van der Waals surface area contributed by atoms with Crippen molar-refractivity contribution in [3.05, 3.63) is 59.2 Å². The zero-order valence-electron chi connectivity index (χ0n) is 14.6. The molecule has 0 fully saturated rings. The number of pyridine rings is 2. The van der Waals surface area contributed by atoms with Gasteiger partial charge in [0, 0.05) is 24.1 Å². The highest BCUT2D eigenvalue weighted by atomic mass is 32.2. The van der Waals surface area contributed by atoms with Crippen molar-refractivity contribution >= 4 is 22.7 Å². The van der Waals surface area contributed by atoms with E-state index in [1.54, 1.807) is 30.1 Å². The molecule has 1 aliphatic rings. The summed E-state index contributed by atoms with van der Waals surface area (Å²) in [5, 5.41) is 9.74. The predicted octanol–water partition coefficient (Wildman–Crippen LogP) is 2.83. The third kappa shape index (κ3) is 3.92. The number of aromatic nitrogens is 2. The molecule has 2 aromatic rings. The molecule has 2 N–H and O–H groups in total. The Morgan fingerprint density at radius 1 is 1.42 bits per heavy atom. The van der Waals surface area contributed by atoms with Crippen LogP contribution in [-0.2, 0) is 12.0 Å². The van der Waals surface area contributed by atoms with Crippen molar-refractivity contribution < 1.29 is 4.79 Å². The summed E-state index contributed by atoms with van der Waals surface area (Å²) in [7, 11) is 0. The fourth-order valence-corrected chi connectivity index (χ4v) is 4.14. The van der Waals surface area contributed by atoms with Crippen molar-refractivity contribution in [3.8, 4) is 6.07 Å². The lowest BCUT2D eigenvalue weighted by Gasteiger charge is -2.32. The van der Waals surface area contributed by atoms with Crippen molar-refractivity contribution in [1.82, 2.24) is 9.97 Å². The lowest BCUT2D eigenvalue weighted by molar-refractivity contribution is 0.0988. The van der Waals surface area contributed by atoms with Crippen LogP contribution in [0.15, 0.2) is 41.7 Å². The quantitative estimate of drug-likeness (QED) is 0.835. The molecule has 6 nitrogen and oxygen atoms in total. The maximum absolute atomic E-state index is 12.5. The van der Waals surface area contributed by atoms with Crippen LogP contribution in [0.4, 0.5) is 0 Å². The predicted molar refractivity (Wildman–Crippen MR) is 102 cm³/mol. The molecule has 0 spiro atoms. The number of nitriles is 1. The smallest absolute Gasteiger partial charge is 0.185 e. The molecule has 2 aromatic heterocycles. The number of hydrogen-bond donors (Lipinski definition) is 1. The van der Waals surface area contributed by atoms with E-state index in [2.05, 4.69) is 21.9 Å². The second-order valence-corrected chi connectivity index (χ2v) is 8.01. The first-order valence-electron chi connectivity index (χ1n) is 8.26. The lowest BCUT2D eigenvalue weighted by atomic mass is 9.90. The van der Waals surface area contributed by atoms with Gasteiger partial charge in [-0.25, -0.2) is 4.99 Å². The van der Waals surface area contributed by atoms with Gasteiger partial charge in [0.05, 0.1) is 11.3 Å². The van der Waals surface area contributed by atoms with E-state index in [0.717, 1.165) is 17.7 Å². The standard InChI is InChI=1S/C19H19N5OS/c1-12-9-19(2,24-18(21)26-12)17-8-13(5-6-22-17)7-16(25)15-4-3-14(10-20)11-23-15/h3-6,8,11-12H,7,9H2,1-2H3,(H2,21,24)/t12-,19+/m1/s1. The zero-order chi connectivity index (χ0) is 18.7. The van der Waals surface area contributed by atoms with Gasteiger partial charge in [-0.05, 0) is 43.2 Å². The number of nitrogens with two attached hydrogens (primary N) is 1. The molecule has 0 amide bonds. The number of rotatable bonds is 4. The number of Topliss-reactive ketones (excluding diaryl/α,β-unsaturated/α-hetero) is 1. The monoisotopic (exact) mass is 365 g/mol. The van der Waals surface area contributed by atoms with E-state index in [9.17, 15) is 4.79 Å². The molecular weight excluding hydrogens is 346 g/mol. The summed E-state index contributed by atoms with van der Waals surface area (Å²) < 4.78 is 0. The van der Waals surface area contributed by atoms with E-state index in [-0.39, 0.29) is 12.2 Å². The average molecular weight is 365 g/mol. The topological polar surface area (TPSA) is 105 Å². The number of nitrogens with zero attached hydrogens (tertiary/aromatic N) is 4. The van der Waals surface area contributed by atoms with Gasteiger partial charge in [-0.3, -0.25) is 14.8 Å². The van der Waals surface area contributed by atoms with Gasteiger partial charge in [0.2, 0.25) is 0 Å². The van der Waals surface area contributed by atoms with Crippen LogP contribution in [-0.4, -0.2) is 26.2 Å². The molecule has 2 atom stereocenters. The van der Waals surface area contributed by atoms with Gasteiger partial charge in [-0.2, -0.15) is 5.26 Å². The highest BCUT2D eigenvalue weighted by Gasteiger charge is 2.34. The molecule has 0 aliphatic carbocycles. The van der Waals surface area contributed by atoms with E-state index in [0.29, 0.717) is 21.7 Å². The Labute approximate surface area is 156 Å². The van der Waals surface area contributed by atoms with Crippen LogP contribution < -0.4 is 5.73 Å². The highest BCUT2D eigenvalue weighted by Crippen LogP contribution is 2.37. The Kier molecular flexibility index (Phi) is 5.05. The molecule has 0 unspecified atom stereocenters. The summed E-state index contributed by atoms with van der Waals surface area (Å²) in [4.78, 5) is 25.6. The first-order chi connectivity index (χ1) is 12.4. The maximum Gasteiger partial charge on any atom is 0.185 e. The van der Waals surface area contributed by atoms with Crippen LogP contribution in [0.5, 0.6) is 0 Å². The lowest BCUT2D eigenvalue weighted by Crippen LogP contribution is -2.33. The Bertz CT molecular complexity index is 903. The minimum atomic E-state index is -0.486. The SMILES string of the molecule is C[C@@H]1C[C@@](C)(c2cc(CC(=O)c3ccc(C#N)cn3)ccn2)N=C(N)S1. The second kappa shape index (κ2) is 7.26. The first-order valence-corrected chi connectivity index (χ1v) is 9.14. The third-order valence-corrected chi connectivity index (χ3v) is 5.18. The van der Waals surface area contributed by atoms with Gasteiger partial charge in [0.15, 0.2) is 11.0 Å². The van der Waals surface area contributed by atoms with E-state index in [1.165, 1.54) is 6.20 Å². The van der Waals surface area contributed by atoms with E-state index < -0.39 is 5.54 Å². The number of thioether (sulfide) groups is 1. The molecule has 0 saturated heterocycles. The minimum absolute atomic E-state index is 0.104. The summed E-state index contributed by atoms with van der Waals surface area (Å²) in [6.07, 6.45) is 4.16. The Balaban J connectivity index is 1.82. The van der Waals surface area contributed by atoms with Crippen LogP contribution in [0.3, 0.4) is 0 Å². The molecule has 0 bridgehead atoms. The molecule has 26 heavy (non-hydrogen) atoms. The number of amidine groups is 1. The molecule has 0 radical (unpaired) electrons. The number of carbonyl (C=O) groups is 1. The molecule has 0 saturated carbocycles. The van der Waals surface area contributed by atoms with E-state index >= 15 is 0 Å². The van der Waals surface area contributed by atoms with Gasteiger partial charge in [0.1, 0.15) is 17.3 Å². The van der Waals surface area contributed by atoms with E-state index in [4.69, 9.17) is 11.0 Å². The van der Waals surface area contributed by atoms with Crippen LogP contribution >= 0.6 is 11.8 Å². The number of ketones is 1. The minimum Gasteiger partial charge on any atom is -0.379 e. The summed E-state index contributed by atoms with van der Waals surface area (Å²) >= 11 is 1.57. The van der Waals surface area contributed by atoms with Gasteiger partial charge >= 0.3 is 0 Å². The van der Waals surface area contributed by atoms with Gasteiger partial charge in [0.25, 0.3) is 0 Å². The normalized spacial score (nSPS) is 22.3. The van der Waals surface area contributed by atoms with Crippen LogP contribution in [0, 0.1) is 11.3 Å². The molecular formula is C19H19N5OS. The molecule has 3 rings (SSSR count). The van der Waals surface area contributed by atoms with Crippen molar-refractivity contribution in [3.63, 3.8) is 0 Å². The van der Waals surface area contributed by atoms with Crippen molar-refractivity contribution in [2.75, 3.05) is 0 Å². The molecule has 3 heterocycles. The number of hydrogen-bond acceptors (Lipinski definition) is 7. The fraction of sp³-hybridized carbons (Fsp3) is 0.316. The average Bonchev–Trinajstić information content (AvgIpc) is 2.61. The largest absolute Gasteiger partial charge is 0.379 e. The van der Waals surface area contributed by atoms with Gasteiger partial charge < -0.3 is 5.73 Å². The molecule has 132 valence electrons. The van der Waals surface area contributed by atoms with Crippen LogP contribution in [0.1, 0.15) is 47.6 Å². The van der Waals surface area contributed by atoms with E-state index in [1.807, 2.05) is 25.1 Å². The number of carbonyl (C=O) groups excluding carboxylic acids is 1. The zero-order valence-corrected chi connectivity index (χ0v) is 15.5. The fourth-order valence-electron chi connectivity index (χ4n) is 3.06. The highest BCUT2D eigenvalue weighted by molar-refractivity contribution is 8.14. The third-order valence-electron chi connectivity index (χ3n) is 4.28. The van der Waals surface area contributed by atoms with Crippen molar-refractivity contribution in [2.45, 2.75) is 37.5 Å². The number of aliphatic imine (C=N–C) groups is 1. The maximum atomic E-state index is 12.5. The first kappa shape index (κ1) is 18.1. The van der Waals surface area contributed by atoms with Gasteiger partial charge in [-0.15, -0.1) is 0 Å². The summed E-state index contributed by atoms with van der Waals surface area (Å²) in [6, 6.07) is 8.90. The Morgan fingerprint density at radius 2 is 2.23 bits per heavy atom. The van der Waals surface area contributed by atoms with Crippen molar-refractivity contribution in [2.24, 2.45) is 10.7 Å². The molecule has 0 aromatic carbocycles. The Morgan fingerprint density at radius 3 is 2.88 bits per heavy atom. The van der Waals surface area contributed by atoms with Crippen LogP contribution in [0.2, 0.25) is 0 Å².